The van der Waals surface area contributed by atoms with Gasteiger partial charge in [0.15, 0.2) is 0 Å². The molecule has 4 nitrogen and oxygen atoms in total. The zero-order valence-corrected chi connectivity index (χ0v) is 13.7. The molecule has 2 aromatic heterocycles. The molecule has 3 heterocycles. The van der Waals surface area contributed by atoms with Crippen molar-refractivity contribution in [2.45, 2.75) is 26.3 Å². The summed E-state index contributed by atoms with van der Waals surface area (Å²) in [6, 6.07) is 12.6. The average Bonchev–Trinajstić information content (AvgIpc) is 2.98. The van der Waals surface area contributed by atoms with Crippen LogP contribution in [0.5, 0.6) is 0 Å². The van der Waals surface area contributed by atoms with Crippen LogP contribution in [0, 0.1) is 5.92 Å². The van der Waals surface area contributed by atoms with Gasteiger partial charge in [0.25, 0.3) is 0 Å². The lowest BCUT2D eigenvalue weighted by molar-refractivity contribution is 0.349. The highest BCUT2D eigenvalue weighted by Gasteiger charge is 2.28. The summed E-state index contributed by atoms with van der Waals surface area (Å²) < 4.78 is 2.31. The normalized spacial score (nSPS) is 15.3. The molecular formula is C19H22N4. The van der Waals surface area contributed by atoms with Gasteiger partial charge in [-0.15, -0.1) is 0 Å². The first-order chi connectivity index (χ1) is 11.2. The zero-order chi connectivity index (χ0) is 15.8. The molecule has 0 radical (unpaired) electrons. The Bertz CT molecular complexity index is 815. The lowest BCUT2D eigenvalue weighted by Crippen LogP contribution is -2.49. The molecule has 4 rings (SSSR count). The van der Waals surface area contributed by atoms with E-state index in [4.69, 9.17) is 4.98 Å². The van der Waals surface area contributed by atoms with Crippen molar-refractivity contribution in [1.29, 1.82) is 0 Å². The van der Waals surface area contributed by atoms with E-state index in [0.29, 0.717) is 11.8 Å². The van der Waals surface area contributed by atoms with Crippen LogP contribution in [0.25, 0.3) is 10.9 Å². The Morgan fingerprint density at radius 3 is 2.78 bits per heavy atom. The predicted octanol–water partition coefficient (Wildman–Crippen LogP) is 3.69. The fourth-order valence-electron chi connectivity index (χ4n) is 3.36. The van der Waals surface area contributed by atoms with Crippen LogP contribution in [0.3, 0.4) is 0 Å². The summed E-state index contributed by atoms with van der Waals surface area (Å²) >= 11 is 0. The van der Waals surface area contributed by atoms with Crippen molar-refractivity contribution >= 4 is 16.7 Å². The number of anilines is 1. The summed E-state index contributed by atoms with van der Waals surface area (Å²) in [6.45, 7) is 7.59. The van der Waals surface area contributed by atoms with Gasteiger partial charge in [-0.2, -0.15) is 0 Å². The number of aromatic nitrogens is 3. The quantitative estimate of drug-likeness (QED) is 0.737. The molecule has 1 fully saturated rings. The summed E-state index contributed by atoms with van der Waals surface area (Å²) in [5.41, 5.74) is 1.07. The molecule has 0 amide bonds. The van der Waals surface area contributed by atoms with Gasteiger partial charge < -0.3 is 9.47 Å². The Morgan fingerprint density at radius 2 is 1.96 bits per heavy atom. The molecule has 0 saturated carbocycles. The highest BCUT2D eigenvalue weighted by atomic mass is 15.2. The maximum absolute atomic E-state index is 4.78. The van der Waals surface area contributed by atoms with Gasteiger partial charge in [0, 0.05) is 49.2 Å². The lowest BCUT2D eigenvalue weighted by Gasteiger charge is -2.40. The molecule has 0 N–H and O–H groups in total. The van der Waals surface area contributed by atoms with E-state index in [-0.39, 0.29) is 0 Å². The molecule has 3 aromatic rings. The molecule has 23 heavy (non-hydrogen) atoms. The van der Waals surface area contributed by atoms with Crippen molar-refractivity contribution in [2.75, 3.05) is 18.0 Å². The summed E-state index contributed by atoms with van der Waals surface area (Å²) in [6.07, 6.45) is 4.02. The average molecular weight is 306 g/mol. The van der Waals surface area contributed by atoms with Gasteiger partial charge in [-0.25, -0.2) is 9.97 Å². The Morgan fingerprint density at radius 1 is 1.13 bits per heavy atom. The molecule has 0 bridgehead atoms. The number of para-hydroxylation sites is 1. The number of rotatable bonds is 4. The molecule has 118 valence electrons. The van der Waals surface area contributed by atoms with Crippen LogP contribution >= 0.6 is 0 Å². The van der Waals surface area contributed by atoms with Crippen LogP contribution in [0.4, 0.5) is 5.82 Å². The molecule has 1 aliphatic heterocycles. The minimum absolute atomic E-state index is 0.475. The maximum atomic E-state index is 4.78. The van der Waals surface area contributed by atoms with Crippen molar-refractivity contribution in [1.82, 2.24) is 14.5 Å². The van der Waals surface area contributed by atoms with E-state index >= 15 is 0 Å². The number of hydrogen-bond acceptors (Lipinski definition) is 3. The third kappa shape index (κ3) is 2.69. The van der Waals surface area contributed by atoms with Gasteiger partial charge in [0.05, 0.1) is 5.52 Å². The third-order valence-electron chi connectivity index (χ3n) is 4.58. The minimum Gasteiger partial charge on any atom is -0.356 e. The smallest absolute Gasteiger partial charge is 0.129 e. The van der Waals surface area contributed by atoms with Crippen molar-refractivity contribution in [3.05, 3.63) is 54.6 Å². The number of imidazole rings is 1. The second-order valence-electron chi connectivity index (χ2n) is 6.73. The molecule has 1 aliphatic rings. The molecular weight excluding hydrogens is 284 g/mol. The SMILES string of the molecule is CC(C)c1nccn1CC1CN(c2ccc3ccccc3n2)C1. The molecule has 0 aliphatic carbocycles. The Labute approximate surface area is 136 Å². The van der Waals surface area contributed by atoms with Crippen molar-refractivity contribution in [3.63, 3.8) is 0 Å². The predicted molar refractivity (Wildman–Crippen MR) is 93.8 cm³/mol. The molecule has 0 unspecified atom stereocenters. The largest absolute Gasteiger partial charge is 0.356 e. The van der Waals surface area contributed by atoms with Crippen molar-refractivity contribution in [2.24, 2.45) is 5.92 Å². The first kappa shape index (κ1) is 14.2. The summed E-state index contributed by atoms with van der Waals surface area (Å²) in [4.78, 5) is 11.6. The van der Waals surface area contributed by atoms with Crippen LogP contribution in [0.1, 0.15) is 25.6 Å². The molecule has 0 spiro atoms. The zero-order valence-electron chi connectivity index (χ0n) is 13.7. The van der Waals surface area contributed by atoms with Gasteiger partial charge in [0.1, 0.15) is 11.6 Å². The van der Waals surface area contributed by atoms with Crippen molar-refractivity contribution < 1.29 is 0 Å². The lowest BCUT2D eigenvalue weighted by atomic mass is 9.99. The number of hydrogen-bond donors (Lipinski definition) is 0. The van der Waals surface area contributed by atoms with E-state index in [1.165, 1.54) is 11.2 Å². The van der Waals surface area contributed by atoms with E-state index in [1.54, 1.807) is 0 Å². The highest BCUT2D eigenvalue weighted by molar-refractivity contribution is 5.80. The first-order valence-electron chi connectivity index (χ1n) is 8.32. The fraction of sp³-hybridized carbons (Fsp3) is 0.368. The van der Waals surface area contributed by atoms with Gasteiger partial charge in [-0.3, -0.25) is 0 Å². The standard InChI is InChI=1S/C19H22N4/c1-14(2)19-20-9-10-22(19)11-15-12-23(13-15)18-8-7-16-5-3-4-6-17(16)21-18/h3-10,14-15H,11-13H2,1-2H3. The van der Waals surface area contributed by atoms with E-state index in [9.17, 15) is 0 Å². The van der Waals surface area contributed by atoms with Gasteiger partial charge in [0.2, 0.25) is 0 Å². The van der Waals surface area contributed by atoms with E-state index in [0.717, 1.165) is 31.0 Å². The van der Waals surface area contributed by atoms with Gasteiger partial charge in [-0.05, 0) is 18.2 Å². The Kier molecular flexibility index (Phi) is 3.52. The summed E-state index contributed by atoms with van der Waals surface area (Å²) in [5.74, 6) is 3.43. The van der Waals surface area contributed by atoms with Gasteiger partial charge >= 0.3 is 0 Å². The van der Waals surface area contributed by atoms with Crippen LogP contribution in [-0.4, -0.2) is 27.6 Å². The number of pyridine rings is 1. The number of fused-ring (bicyclic) bond motifs is 1. The summed E-state index contributed by atoms with van der Waals surface area (Å²) in [5, 5.41) is 1.20. The van der Waals surface area contributed by atoms with Crippen LogP contribution in [0.2, 0.25) is 0 Å². The molecule has 4 heteroatoms. The maximum Gasteiger partial charge on any atom is 0.129 e. The van der Waals surface area contributed by atoms with E-state index < -0.39 is 0 Å². The minimum atomic E-state index is 0.475. The number of nitrogens with zero attached hydrogens (tertiary/aromatic N) is 4. The topological polar surface area (TPSA) is 34.0 Å². The Hall–Kier alpha value is -2.36. The van der Waals surface area contributed by atoms with Crippen molar-refractivity contribution in [3.8, 4) is 0 Å². The first-order valence-corrected chi connectivity index (χ1v) is 8.32. The van der Waals surface area contributed by atoms with Gasteiger partial charge in [-0.1, -0.05) is 32.0 Å². The third-order valence-corrected chi connectivity index (χ3v) is 4.58. The monoisotopic (exact) mass is 306 g/mol. The van der Waals surface area contributed by atoms with Crippen LogP contribution < -0.4 is 4.90 Å². The van der Waals surface area contributed by atoms with E-state index in [1.807, 2.05) is 12.3 Å². The Balaban J connectivity index is 1.43. The molecule has 1 saturated heterocycles. The highest BCUT2D eigenvalue weighted by Crippen LogP contribution is 2.26. The second kappa shape index (κ2) is 5.69. The molecule has 1 aromatic carbocycles. The fourth-order valence-corrected chi connectivity index (χ4v) is 3.36. The van der Waals surface area contributed by atoms with Crippen LogP contribution in [-0.2, 0) is 6.54 Å². The second-order valence-corrected chi connectivity index (χ2v) is 6.73. The number of benzene rings is 1. The summed E-state index contributed by atoms with van der Waals surface area (Å²) in [7, 11) is 0. The molecule has 0 atom stereocenters. The van der Waals surface area contributed by atoms with Crippen LogP contribution in [0.15, 0.2) is 48.8 Å². The van der Waals surface area contributed by atoms with E-state index in [2.05, 4.69) is 64.8 Å².